The van der Waals surface area contributed by atoms with Gasteiger partial charge in [0.15, 0.2) is 0 Å². The van der Waals surface area contributed by atoms with Crippen LogP contribution >= 0.6 is 0 Å². The van der Waals surface area contributed by atoms with Gasteiger partial charge in [-0.1, -0.05) is 18.2 Å². The number of carbonyl (C=O) groups excluding carboxylic acids is 1. The molecule has 24 heavy (non-hydrogen) atoms. The first kappa shape index (κ1) is 15.4. The van der Waals surface area contributed by atoms with Crippen molar-refractivity contribution in [2.75, 3.05) is 0 Å². The minimum atomic E-state index is -0.277. The van der Waals surface area contributed by atoms with E-state index in [2.05, 4.69) is 20.6 Å². The molecule has 7 heteroatoms. The van der Waals surface area contributed by atoms with Gasteiger partial charge in [-0.15, -0.1) is 0 Å². The van der Waals surface area contributed by atoms with E-state index in [-0.39, 0.29) is 12.5 Å². The first-order valence-corrected chi connectivity index (χ1v) is 7.27. The van der Waals surface area contributed by atoms with Crippen molar-refractivity contribution in [2.24, 2.45) is 5.10 Å². The topological polar surface area (TPSA) is 81.4 Å². The number of nitrogens with zero attached hydrogens (tertiary/aromatic N) is 4. The third-order valence-electron chi connectivity index (χ3n) is 3.03. The molecule has 3 aromatic rings. The fraction of sp³-hybridized carbons (Fsp3) is 0.0588. The fourth-order valence-corrected chi connectivity index (χ4v) is 1.92. The minimum absolute atomic E-state index is 0.0706. The number of hydrazone groups is 1. The van der Waals surface area contributed by atoms with Crippen LogP contribution in [0.5, 0.6) is 11.5 Å². The second-order valence-corrected chi connectivity index (χ2v) is 4.87. The highest BCUT2D eigenvalue weighted by molar-refractivity contribution is 5.82. The van der Waals surface area contributed by atoms with E-state index in [0.717, 1.165) is 17.1 Å². The van der Waals surface area contributed by atoms with E-state index in [0.29, 0.717) is 0 Å². The SMILES string of the molecule is O=C(Cn1cncn1)N/N=C/c1ccc(Oc2ccccc2)cc1. The Hall–Kier alpha value is -3.48. The summed E-state index contributed by atoms with van der Waals surface area (Å²) in [7, 11) is 0. The second kappa shape index (κ2) is 7.68. The molecule has 120 valence electrons. The van der Waals surface area contributed by atoms with Gasteiger partial charge >= 0.3 is 0 Å². The number of rotatable bonds is 6. The molecule has 0 unspecified atom stereocenters. The van der Waals surface area contributed by atoms with Crippen molar-refractivity contribution < 1.29 is 9.53 Å². The molecular formula is C17H15N5O2. The molecule has 0 atom stereocenters. The van der Waals surface area contributed by atoms with E-state index in [4.69, 9.17) is 4.74 Å². The highest BCUT2D eigenvalue weighted by atomic mass is 16.5. The lowest BCUT2D eigenvalue weighted by Crippen LogP contribution is -2.23. The van der Waals surface area contributed by atoms with Gasteiger partial charge in [0.05, 0.1) is 6.21 Å². The molecule has 0 aliphatic rings. The molecule has 7 nitrogen and oxygen atoms in total. The van der Waals surface area contributed by atoms with Gasteiger partial charge in [0.2, 0.25) is 0 Å². The van der Waals surface area contributed by atoms with Crippen molar-refractivity contribution in [3.63, 3.8) is 0 Å². The zero-order valence-electron chi connectivity index (χ0n) is 12.7. The molecule has 1 amide bonds. The molecule has 0 aliphatic heterocycles. The van der Waals surface area contributed by atoms with Gasteiger partial charge in [-0.05, 0) is 42.0 Å². The molecule has 3 rings (SSSR count). The summed E-state index contributed by atoms with van der Waals surface area (Å²) in [6, 6.07) is 16.9. The average molecular weight is 321 g/mol. The molecule has 0 spiro atoms. The number of ether oxygens (including phenoxy) is 1. The first-order valence-electron chi connectivity index (χ1n) is 7.27. The van der Waals surface area contributed by atoms with Gasteiger partial charge in [0.1, 0.15) is 30.7 Å². The summed E-state index contributed by atoms with van der Waals surface area (Å²) in [5, 5.41) is 7.75. The van der Waals surface area contributed by atoms with Crippen molar-refractivity contribution in [2.45, 2.75) is 6.54 Å². The summed E-state index contributed by atoms with van der Waals surface area (Å²) < 4.78 is 7.12. The van der Waals surface area contributed by atoms with Crippen LogP contribution in [0.2, 0.25) is 0 Å². The van der Waals surface area contributed by atoms with Crippen molar-refractivity contribution in [3.05, 3.63) is 72.8 Å². The molecule has 0 fully saturated rings. The monoisotopic (exact) mass is 321 g/mol. The molecule has 0 bridgehead atoms. The lowest BCUT2D eigenvalue weighted by Gasteiger charge is -2.05. The van der Waals surface area contributed by atoms with E-state index in [9.17, 15) is 4.79 Å². The van der Waals surface area contributed by atoms with E-state index in [1.54, 1.807) is 6.21 Å². The van der Waals surface area contributed by atoms with Crippen molar-refractivity contribution in [3.8, 4) is 11.5 Å². The van der Waals surface area contributed by atoms with E-state index < -0.39 is 0 Å². The molecule has 0 aliphatic carbocycles. The quantitative estimate of drug-likeness (QED) is 0.557. The van der Waals surface area contributed by atoms with Crippen molar-refractivity contribution in [1.82, 2.24) is 20.2 Å². The first-order chi connectivity index (χ1) is 11.8. The highest BCUT2D eigenvalue weighted by Gasteiger charge is 2.01. The number of nitrogens with one attached hydrogen (secondary N) is 1. The summed E-state index contributed by atoms with van der Waals surface area (Å²) in [6.07, 6.45) is 4.40. The number of hydrogen-bond donors (Lipinski definition) is 1. The van der Waals surface area contributed by atoms with Gasteiger partial charge in [-0.3, -0.25) is 4.79 Å². The predicted molar refractivity (Wildman–Crippen MR) is 88.7 cm³/mol. The second-order valence-electron chi connectivity index (χ2n) is 4.87. The maximum atomic E-state index is 11.6. The van der Waals surface area contributed by atoms with Crippen LogP contribution in [0.4, 0.5) is 0 Å². The zero-order valence-corrected chi connectivity index (χ0v) is 12.7. The van der Waals surface area contributed by atoms with Crippen LogP contribution in [-0.2, 0) is 11.3 Å². The Kier molecular flexibility index (Phi) is 4.94. The van der Waals surface area contributed by atoms with Crippen LogP contribution in [0.25, 0.3) is 0 Å². The summed E-state index contributed by atoms with van der Waals surface area (Å²) in [5.74, 6) is 1.23. The van der Waals surface area contributed by atoms with Crippen LogP contribution in [0.1, 0.15) is 5.56 Å². The lowest BCUT2D eigenvalue weighted by molar-refractivity contribution is -0.121. The van der Waals surface area contributed by atoms with Crippen molar-refractivity contribution >= 4 is 12.1 Å². The average Bonchev–Trinajstić information content (AvgIpc) is 3.10. The van der Waals surface area contributed by atoms with Gasteiger partial charge < -0.3 is 4.74 Å². The largest absolute Gasteiger partial charge is 0.457 e. The van der Waals surface area contributed by atoms with E-state index >= 15 is 0 Å². The molecular weight excluding hydrogens is 306 g/mol. The predicted octanol–water partition coefficient (Wildman–Crippen LogP) is 2.22. The third-order valence-corrected chi connectivity index (χ3v) is 3.03. The Labute approximate surface area is 138 Å². The summed E-state index contributed by atoms with van der Waals surface area (Å²) >= 11 is 0. The summed E-state index contributed by atoms with van der Waals surface area (Å²) in [6.45, 7) is 0.0706. The van der Waals surface area contributed by atoms with Crippen LogP contribution in [0.3, 0.4) is 0 Å². The van der Waals surface area contributed by atoms with E-state index in [1.165, 1.54) is 17.3 Å². The fourth-order valence-electron chi connectivity index (χ4n) is 1.92. The minimum Gasteiger partial charge on any atom is -0.457 e. The number of para-hydroxylation sites is 1. The maximum absolute atomic E-state index is 11.6. The van der Waals surface area contributed by atoms with Gasteiger partial charge in [-0.2, -0.15) is 10.2 Å². The number of hydrogen-bond acceptors (Lipinski definition) is 5. The molecule has 1 aromatic heterocycles. The Bertz CT molecular complexity index is 799. The van der Waals surface area contributed by atoms with E-state index in [1.807, 2.05) is 54.6 Å². The molecule has 0 saturated heterocycles. The van der Waals surface area contributed by atoms with Crippen LogP contribution in [0, 0.1) is 0 Å². The normalized spacial score (nSPS) is 10.7. The van der Waals surface area contributed by atoms with Crippen LogP contribution in [-0.4, -0.2) is 26.9 Å². The third kappa shape index (κ3) is 4.51. The Balaban J connectivity index is 1.51. The molecule has 0 saturated carbocycles. The standard InChI is InChI=1S/C17H15N5O2/c23-17(11-22-13-18-12-20-22)21-19-10-14-6-8-16(9-7-14)24-15-4-2-1-3-5-15/h1-10,12-13H,11H2,(H,21,23)/b19-10+. The Morgan fingerprint density at radius 3 is 2.58 bits per heavy atom. The summed E-state index contributed by atoms with van der Waals surface area (Å²) in [4.78, 5) is 15.4. The molecule has 0 radical (unpaired) electrons. The van der Waals surface area contributed by atoms with Gasteiger partial charge in [0.25, 0.3) is 5.91 Å². The smallest absolute Gasteiger partial charge is 0.261 e. The number of amides is 1. The number of benzene rings is 2. The molecule has 1 N–H and O–H groups in total. The number of carbonyl (C=O) groups is 1. The Morgan fingerprint density at radius 1 is 1.12 bits per heavy atom. The maximum Gasteiger partial charge on any atom is 0.261 e. The zero-order chi connectivity index (χ0) is 16.6. The summed E-state index contributed by atoms with van der Waals surface area (Å²) in [5.41, 5.74) is 3.28. The lowest BCUT2D eigenvalue weighted by atomic mass is 10.2. The number of aromatic nitrogens is 3. The van der Waals surface area contributed by atoms with Crippen LogP contribution in [0.15, 0.2) is 72.4 Å². The molecule has 2 aromatic carbocycles. The highest BCUT2D eigenvalue weighted by Crippen LogP contribution is 2.20. The van der Waals surface area contributed by atoms with Crippen molar-refractivity contribution in [1.29, 1.82) is 0 Å². The van der Waals surface area contributed by atoms with Gasteiger partial charge in [0, 0.05) is 0 Å². The molecule has 1 heterocycles. The Morgan fingerprint density at radius 2 is 1.88 bits per heavy atom. The van der Waals surface area contributed by atoms with Crippen LogP contribution < -0.4 is 10.2 Å². The van der Waals surface area contributed by atoms with Gasteiger partial charge in [-0.25, -0.2) is 15.1 Å².